The van der Waals surface area contributed by atoms with E-state index in [1.165, 1.54) is 44.6 Å². The van der Waals surface area contributed by atoms with Gasteiger partial charge in [-0.25, -0.2) is 0 Å². The van der Waals surface area contributed by atoms with E-state index in [1.807, 2.05) is 0 Å². The number of esters is 1. The molecular formula is C21H24NO9P. The maximum atomic E-state index is 13.8. The third-order valence-corrected chi connectivity index (χ3v) is 7.46. The molecule has 0 amide bonds. The van der Waals surface area contributed by atoms with Crippen LogP contribution in [0.1, 0.15) is 30.9 Å². The van der Waals surface area contributed by atoms with Crippen molar-refractivity contribution in [2.45, 2.75) is 25.4 Å². The number of carbonyl (C=O) groups excluding carboxylic acids is 1. The zero-order valence-corrected chi connectivity index (χ0v) is 19.0. The first-order chi connectivity index (χ1) is 15.3. The van der Waals surface area contributed by atoms with Gasteiger partial charge in [0.2, 0.25) is 0 Å². The summed E-state index contributed by atoms with van der Waals surface area (Å²) in [6.07, 6.45) is 0. The first-order valence-corrected chi connectivity index (χ1v) is 11.5. The summed E-state index contributed by atoms with van der Waals surface area (Å²) in [5.74, 6) is -0.782. The Bertz CT molecular complexity index is 1040. The molecule has 0 N–H and O–H groups in total. The van der Waals surface area contributed by atoms with Crippen LogP contribution in [0, 0.1) is 10.1 Å². The summed E-state index contributed by atoms with van der Waals surface area (Å²) in [4.78, 5) is 23.8. The van der Waals surface area contributed by atoms with Gasteiger partial charge in [-0.3, -0.25) is 19.5 Å². The molecule has 2 aromatic rings. The zero-order valence-electron chi connectivity index (χ0n) is 18.1. The molecule has 0 bridgehead atoms. The van der Waals surface area contributed by atoms with Crippen molar-refractivity contribution in [2.24, 2.45) is 0 Å². The van der Waals surface area contributed by atoms with Crippen molar-refractivity contribution >= 4 is 19.3 Å². The molecule has 0 saturated heterocycles. The molecule has 0 saturated carbocycles. The van der Waals surface area contributed by atoms with Gasteiger partial charge in [0.05, 0.1) is 32.4 Å². The van der Waals surface area contributed by atoms with Gasteiger partial charge in [0, 0.05) is 35.7 Å². The van der Waals surface area contributed by atoms with E-state index < -0.39 is 30.1 Å². The largest absolute Gasteiger partial charge is 0.496 e. The van der Waals surface area contributed by atoms with E-state index in [9.17, 15) is 19.5 Å². The van der Waals surface area contributed by atoms with Crippen molar-refractivity contribution in [3.63, 3.8) is 0 Å². The molecule has 0 spiro atoms. The van der Waals surface area contributed by atoms with Crippen molar-refractivity contribution < 1.29 is 37.5 Å². The number of ether oxygens (including phenoxy) is 3. The van der Waals surface area contributed by atoms with E-state index in [2.05, 4.69) is 0 Å². The molecule has 2 atom stereocenters. The first-order valence-electron chi connectivity index (χ1n) is 9.90. The highest BCUT2D eigenvalue weighted by Crippen LogP contribution is 2.62. The molecule has 1 aliphatic rings. The number of hydrogen-bond donors (Lipinski definition) is 0. The number of benzene rings is 2. The normalized spacial score (nSPS) is 17.9. The number of rotatable bonds is 9. The second-order valence-corrected chi connectivity index (χ2v) is 8.96. The predicted octanol–water partition coefficient (Wildman–Crippen LogP) is 4.30. The van der Waals surface area contributed by atoms with E-state index in [1.54, 1.807) is 19.9 Å². The molecule has 1 heterocycles. The Kier molecular flexibility index (Phi) is 7.18. The van der Waals surface area contributed by atoms with Crippen LogP contribution in [-0.2, 0) is 18.4 Å². The van der Waals surface area contributed by atoms with Crippen molar-refractivity contribution in [3.05, 3.63) is 57.6 Å². The summed E-state index contributed by atoms with van der Waals surface area (Å²) < 4.78 is 41.1. The Hall–Kier alpha value is -2.94. The number of non-ortho nitro benzene ring substituents is 1. The smallest absolute Gasteiger partial charge is 0.345 e. The number of nitro groups is 1. The van der Waals surface area contributed by atoms with Crippen molar-refractivity contribution in [3.8, 4) is 17.2 Å². The van der Waals surface area contributed by atoms with Gasteiger partial charge in [0.25, 0.3) is 5.69 Å². The van der Waals surface area contributed by atoms with Crippen LogP contribution in [0.3, 0.4) is 0 Å². The fourth-order valence-corrected chi connectivity index (χ4v) is 5.85. The van der Waals surface area contributed by atoms with Crippen LogP contribution in [0.4, 0.5) is 5.69 Å². The molecule has 2 aromatic carbocycles. The molecule has 172 valence electrons. The van der Waals surface area contributed by atoms with Gasteiger partial charge >= 0.3 is 13.6 Å². The number of nitrogens with zero attached hydrogens (tertiary/aromatic N) is 1. The van der Waals surface area contributed by atoms with Gasteiger partial charge in [-0.05, 0) is 19.4 Å². The topological polar surface area (TPSA) is 123 Å². The van der Waals surface area contributed by atoms with Crippen LogP contribution in [0.5, 0.6) is 17.2 Å². The van der Waals surface area contributed by atoms with Crippen LogP contribution in [0.25, 0.3) is 0 Å². The quantitative estimate of drug-likeness (QED) is 0.175. The lowest BCUT2D eigenvalue weighted by Crippen LogP contribution is -2.38. The van der Waals surface area contributed by atoms with Crippen LogP contribution in [0.2, 0.25) is 0 Å². The number of methoxy groups -OCH3 is 2. The molecular weight excluding hydrogens is 441 g/mol. The Morgan fingerprint density at radius 2 is 1.69 bits per heavy atom. The van der Waals surface area contributed by atoms with Crippen LogP contribution in [0.15, 0.2) is 36.4 Å². The summed E-state index contributed by atoms with van der Waals surface area (Å²) in [6, 6.07) is 8.77. The first kappa shape index (κ1) is 23.7. The molecule has 3 rings (SSSR count). The molecule has 32 heavy (non-hydrogen) atoms. The average molecular weight is 465 g/mol. The molecule has 1 aliphatic heterocycles. The number of fused-ring (bicyclic) bond motifs is 1. The van der Waals surface area contributed by atoms with E-state index in [0.29, 0.717) is 22.6 Å². The zero-order chi connectivity index (χ0) is 23.5. The average Bonchev–Trinajstić information content (AvgIpc) is 2.77. The van der Waals surface area contributed by atoms with E-state index in [-0.39, 0.29) is 24.7 Å². The second kappa shape index (κ2) is 9.68. The minimum absolute atomic E-state index is 0.0423. The van der Waals surface area contributed by atoms with Gasteiger partial charge in [-0.2, -0.15) is 0 Å². The fourth-order valence-electron chi connectivity index (χ4n) is 3.74. The van der Waals surface area contributed by atoms with Gasteiger partial charge in [0.1, 0.15) is 17.2 Å². The van der Waals surface area contributed by atoms with Gasteiger partial charge in [0.15, 0.2) is 5.66 Å². The predicted molar refractivity (Wildman–Crippen MR) is 115 cm³/mol. The summed E-state index contributed by atoms with van der Waals surface area (Å²) >= 11 is 0. The van der Waals surface area contributed by atoms with Gasteiger partial charge in [-0.1, -0.05) is 12.1 Å². The van der Waals surface area contributed by atoms with Crippen LogP contribution in [-0.4, -0.2) is 44.0 Å². The lowest BCUT2D eigenvalue weighted by molar-refractivity contribution is -0.384. The summed E-state index contributed by atoms with van der Waals surface area (Å²) in [7, 11) is -1.10. The summed E-state index contributed by atoms with van der Waals surface area (Å²) in [5.41, 5.74) is -0.546. The highest BCUT2D eigenvalue weighted by atomic mass is 31.2. The highest BCUT2D eigenvalue weighted by Gasteiger charge is 2.53. The summed E-state index contributed by atoms with van der Waals surface area (Å²) in [5, 5.41) is 11.1. The maximum absolute atomic E-state index is 13.8. The fraction of sp³-hybridized carbons (Fsp3) is 0.381. The molecule has 0 unspecified atom stereocenters. The standard InChI is InChI=1S/C21H24NO9P/c1-5-29-32(26,30-6-2)20-18(13-7-9-14(10-8-13)22(24)25)19-16(28-4)11-15(27-3)12-17(19)31-21(20)23/h7-12,18,20H,5-6H2,1-4H3/t18-,20+/m0/s1. The van der Waals surface area contributed by atoms with E-state index in [0.717, 1.165) is 0 Å². The Labute approximate surface area is 185 Å². The third kappa shape index (κ3) is 4.34. The number of hydrogen-bond acceptors (Lipinski definition) is 9. The summed E-state index contributed by atoms with van der Waals surface area (Å²) in [6.45, 7) is 3.36. The minimum atomic E-state index is -4.00. The Morgan fingerprint density at radius 1 is 1.06 bits per heavy atom. The van der Waals surface area contributed by atoms with Crippen LogP contribution >= 0.6 is 7.60 Å². The van der Waals surface area contributed by atoms with Gasteiger partial charge < -0.3 is 23.3 Å². The van der Waals surface area contributed by atoms with Gasteiger partial charge in [-0.15, -0.1) is 0 Å². The van der Waals surface area contributed by atoms with Crippen molar-refractivity contribution in [1.29, 1.82) is 0 Å². The molecule has 10 nitrogen and oxygen atoms in total. The molecule has 0 aromatic heterocycles. The number of carbonyl (C=O) groups is 1. The molecule has 11 heteroatoms. The SMILES string of the molecule is CCOP(=O)(OCC)[C@H]1C(=O)Oc2cc(OC)cc(OC)c2[C@@H]1c1ccc([N+](=O)[O-])cc1. The second-order valence-electron chi connectivity index (χ2n) is 6.81. The van der Waals surface area contributed by atoms with Crippen molar-refractivity contribution in [2.75, 3.05) is 27.4 Å². The lowest BCUT2D eigenvalue weighted by atomic mass is 9.85. The highest BCUT2D eigenvalue weighted by molar-refractivity contribution is 7.55. The minimum Gasteiger partial charge on any atom is -0.496 e. The monoisotopic (exact) mass is 465 g/mol. The van der Waals surface area contributed by atoms with Crippen LogP contribution < -0.4 is 14.2 Å². The number of nitro benzene ring substituents is 1. The lowest BCUT2D eigenvalue weighted by Gasteiger charge is -2.36. The van der Waals surface area contributed by atoms with E-state index in [4.69, 9.17) is 23.3 Å². The van der Waals surface area contributed by atoms with Crippen molar-refractivity contribution in [1.82, 2.24) is 0 Å². The van der Waals surface area contributed by atoms with E-state index >= 15 is 0 Å². The molecule has 0 radical (unpaired) electrons. The third-order valence-electron chi connectivity index (χ3n) is 5.03. The Morgan fingerprint density at radius 3 is 2.19 bits per heavy atom. The molecule has 0 aliphatic carbocycles. The maximum Gasteiger partial charge on any atom is 0.345 e. The Balaban J connectivity index is 2.29. The molecule has 0 fully saturated rings.